The molecule has 0 radical (unpaired) electrons. The predicted octanol–water partition coefficient (Wildman–Crippen LogP) is 0.636. The van der Waals surface area contributed by atoms with Crippen LogP contribution in [0.3, 0.4) is 0 Å². The molecule has 2 rings (SSSR count). The lowest BCUT2D eigenvalue weighted by molar-refractivity contribution is 0.0519. The van der Waals surface area contributed by atoms with Crippen molar-refractivity contribution < 1.29 is 9.53 Å². The molecule has 0 aromatic carbocycles. The molecule has 7 heteroatoms. The molecule has 2 aromatic heterocycles. The van der Waals surface area contributed by atoms with Gasteiger partial charge in [-0.15, -0.1) is 0 Å². The Labute approximate surface area is 104 Å². The van der Waals surface area contributed by atoms with Crippen LogP contribution in [0.1, 0.15) is 17.4 Å². The van der Waals surface area contributed by atoms with Gasteiger partial charge in [-0.25, -0.2) is 14.8 Å². The molecule has 2 N–H and O–H groups in total. The Bertz CT molecular complexity index is 564. The van der Waals surface area contributed by atoms with Crippen molar-refractivity contribution in [1.82, 2.24) is 19.7 Å². The lowest BCUT2D eigenvalue weighted by Gasteiger charge is -2.01. The molecule has 7 nitrogen and oxygen atoms in total. The Morgan fingerprint density at radius 3 is 2.72 bits per heavy atom. The number of ether oxygens (including phenoxy) is 1. The van der Waals surface area contributed by atoms with Crippen molar-refractivity contribution in [2.24, 2.45) is 7.05 Å². The monoisotopic (exact) mass is 247 g/mol. The first kappa shape index (κ1) is 12.0. The number of aryl methyl sites for hydroxylation is 1. The zero-order valence-corrected chi connectivity index (χ0v) is 10.1. The highest BCUT2D eigenvalue weighted by Gasteiger charge is 2.24. The van der Waals surface area contributed by atoms with Crippen LogP contribution >= 0.6 is 0 Å². The minimum Gasteiger partial charge on any atom is -0.461 e. The van der Waals surface area contributed by atoms with E-state index in [1.54, 1.807) is 32.4 Å². The number of aromatic nitrogens is 4. The molecule has 0 saturated carbocycles. The van der Waals surface area contributed by atoms with Crippen LogP contribution in [0.25, 0.3) is 11.4 Å². The van der Waals surface area contributed by atoms with Crippen LogP contribution in [-0.2, 0) is 11.8 Å². The highest BCUT2D eigenvalue weighted by Crippen LogP contribution is 2.26. The molecule has 0 spiro atoms. The molecular formula is C11H13N5O2. The maximum atomic E-state index is 11.8. The number of nitrogen functional groups attached to an aromatic ring is 1. The fourth-order valence-electron chi connectivity index (χ4n) is 1.53. The van der Waals surface area contributed by atoms with Gasteiger partial charge in [0.2, 0.25) is 0 Å². The first-order valence-electron chi connectivity index (χ1n) is 5.42. The molecule has 0 amide bonds. The fourth-order valence-corrected chi connectivity index (χ4v) is 1.53. The van der Waals surface area contributed by atoms with Gasteiger partial charge in [0.05, 0.1) is 12.2 Å². The maximum absolute atomic E-state index is 11.8. The van der Waals surface area contributed by atoms with Gasteiger partial charge in [-0.05, 0) is 13.0 Å². The van der Waals surface area contributed by atoms with E-state index in [1.165, 1.54) is 4.68 Å². The van der Waals surface area contributed by atoms with Crippen LogP contribution in [-0.4, -0.2) is 32.3 Å². The fraction of sp³-hybridized carbons (Fsp3) is 0.273. The van der Waals surface area contributed by atoms with E-state index in [4.69, 9.17) is 10.5 Å². The van der Waals surface area contributed by atoms with E-state index >= 15 is 0 Å². The van der Waals surface area contributed by atoms with Crippen molar-refractivity contribution in [3.8, 4) is 11.4 Å². The lowest BCUT2D eigenvalue weighted by atomic mass is 10.2. The molecule has 0 atom stereocenters. The summed E-state index contributed by atoms with van der Waals surface area (Å²) in [6, 6.07) is 1.68. The van der Waals surface area contributed by atoms with E-state index < -0.39 is 5.97 Å². The maximum Gasteiger partial charge on any atom is 0.359 e. The van der Waals surface area contributed by atoms with Gasteiger partial charge in [0, 0.05) is 19.4 Å². The summed E-state index contributed by atoms with van der Waals surface area (Å²) in [6.45, 7) is 1.99. The van der Waals surface area contributed by atoms with Crippen molar-refractivity contribution in [3.05, 3.63) is 24.2 Å². The molecule has 0 aliphatic carbocycles. The first-order chi connectivity index (χ1) is 8.65. The van der Waals surface area contributed by atoms with Gasteiger partial charge in [0.15, 0.2) is 11.5 Å². The van der Waals surface area contributed by atoms with E-state index in [0.29, 0.717) is 17.2 Å². The van der Waals surface area contributed by atoms with Crippen molar-refractivity contribution in [2.75, 3.05) is 12.3 Å². The van der Waals surface area contributed by atoms with Crippen LogP contribution < -0.4 is 5.73 Å². The number of nitrogens with two attached hydrogens (primary N) is 1. The molecule has 18 heavy (non-hydrogen) atoms. The molecule has 94 valence electrons. The number of nitrogens with zero attached hydrogens (tertiary/aromatic N) is 4. The minimum absolute atomic E-state index is 0.128. The van der Waals surface area contributed by atoms with Crippen molar-refractivity contribution in [3.63, 3.8) is 0 Å². The zero-order valence-electron chi connectivity index (χ0n) is 10.1. The summed E-state index contributed by atoms with van der Waals surface area (Å²) >= 11 is 0. The predicted molar refractivity (Wildman–Crippen MR) is 64.6 cm³/mol. The second-order valence-corrected chi connectivity index (χ2v) is 3.53. The molecule has 0 saturated heterocycles. The second kappa shape index (κ2) is 4.82. The largest absolute Gasteiger partial charge is 0.461 e. The number of hydrogen-bond acceptors (Lipinski definition) is 6. The molecule has 0 aliphatic heterocycles. The van der Waals surface area contributed by atoms with Gasteiger partial charge in [-0.3, -0.25) is 4.68 Å². The van der Waals surface area contributed by atoms with Crippen LogP contribution in [0, 0.1) is 0 Å². The lowest BCUT2D eigenvalue weighted by Crippen LogP contribution is -2.08. The first-order valence-corrected chi connectivity index (χ1v) is 5.42. The zero-order chi connectivity index (χ0) is 13.1. The Hall–Kier alpha value is -2.44. The third-order valence-electron chi connectivity index (χ3n) is 2.35. The van der Waals surface area contributed by atoms with Gasteiger partial charge in [0.1, 0.15) is 5.82 Å². The average Bonchev–Trinajstić information content (AvgIpc) is 2.67. The Morgan fingerprint density at radius 2 is 2.11 bits per heavy atom. The molecule has 0 unspecified atom stereocenters. The molecule has 2 heterocycles. The molecule has 0 fully saturated rings. The summed E-state index contributed by atoms with van der Waals surface area (Å²) in [5.74, 6) is 0.141. The van der Waals surface area contributed by atoms with E-state index in [1.807, 2.05) is 0 Å². The smallest absolute Gasteiger partial charge is 0.359 e. The number of carbonyl (C=O) groups excluding carboxylic acids is 1. The third kappa shape index (κ3) is 2.02. The summed E-state index contributed by atoms with van der Waals surface area (Å²) in [4.78, 5) is 19.9. The highest BCUT2D eigenvalue weighted by atomic mass is 16.5. The van der Waals surface area contributed by atoms with Crippen molar-refractivity contribution >= 4 is 11.8 Å². The average molecular weight is 247 g/mol. The summed E-state index contributed by atoms with van der Waals surface area (Å²) in [6.07, 6.45) is 3.15. The Kier molecular flexibility index (Phi) is 3.22. The van der Waals surface area contributed by atoms with Crippen LogP contribution in [0.15, 0.2) is 18.5 Å². The van der Waals surface area contributed by atoms with Crippen LogP contribution in [0.4, 0.5) is 5.82 Å². The van der Waals surface area contributed by atoms with Crippen molar-refractivity contribution in [2.45, 2.75) is 6.92 Å². The SMILES string of the molecule is CCOC(=O)c1nn(C)c(N)c1-c1ncccn1. The summed E-state index contributed by atoms with van der Waals surface area (Å²) < 4.78 is 6.33. The molecule has 2 aromatic rings. The van der Waals surface area contributed by atoms with E-state index in [0.717, 1.165) is 0 Å². The summed E-state index contributed by atoms with van der Waals surface area (Å²) in [5, 5.41) is 4.04. The van der Waals surface area contributed by atoms with Crippen LogP contribution in [0.5, 0.6) is 0 Å². The van der Waals surface area contributed by atoms with Crippen molar-refractivity contribution in [1.29, 1.82) is 0 Å². The second-order valence-electron chi connectivity index (χ2n) is 3.53. The normalized spacial score (nSPS) is 10.3. The number of carbonyl (C=O) groups is 1. The minimum atomic E-state index is -0.535. The van der Waals surface area contributed by atoms with E-state index in [2.05, 4.69) is 15.1 Å². The summed E-state index contributed by atoms with van der Waals surface area (Å²) in [5.41, 5.74) is 6.41. The quantitative estimate of drug-likeness (QED) is 0.799. The Morgan fingerprint density at radius 1 is 1.44 bits per heavy atom. The van der Waals surface area contributed by atoms with Gasteiger partial charge in [-0.1, -0.05) is 0 Å². The number of hydrogen-bond donors (Lipinski definition) is 1. The molecule has 0 bridgehead atoms. The number of rotatable bonds is 3. The third-order valence-corrected chi connectivity index (χ3v) is 2.35. The Balaban J connectivity index is 2.55. The standard InChI is InChI=1S/C11H13N5O2/c1-3-18-11(17)8-7(9(12)16(2)15-8)10-13-5-4-6-14-10/h4-6H,3,12H2,1-2H3. The number of anilines is 1. The topological polar surface area (TPSA) is 95.9 Å². The van der Waals surface area contributed by atoms with E-state index in [9.17, 15) is 4.79 Å². The van der Waals surface area contributed by atoms with Crippen LogP contribution in [0.2, 0.25) is 0 Å². The molecule has 0 aliphatic rings. The number of esters is 1. The van der Waals surface area contributed by atoms with Gasteiger partial charge < -0.3 is 10.5 Å². The highest BCUT2D eigenvalue weighted by molar-refractivity contribution is 5.97. The summed E-state index contributed by atoms with van der Waals surface area (Å²) in [7, 11) is 1.64. The molecular weight excluding hydrogens is 234 g/mol. The van der Waals surface area contributed by atoms with Gasteiger partial charge in [0.25, 0.3) is 0 Å². The van der Waals surface area contributed by atoms with Gasteiger partial charge >= 0.3 is 5.97 Å². The van der Waals surface area contributed by atoms with E-state index in [-0.39, 0.29) is 12.3 Å². The van der Waals surface area contributed by atoms with Gasteiger partial charge in [-0.2, -0.15) is 5.10 Å².